The van der Waals surface area contributed by atoms with Crippen molar-refractivity contribution in [3.8, 4) is 22.6 Å². The Morgan fingerprint density at radius 1 is 1.03 bits per heavy atom. The van der Waals surface area contributed by atoms with Crippen molar-refractivity contribution in [2.75, 3.05) is 4.72 Å². The fraction of sp³-hybridized carbons (Fsp3) is 0.217. The first kappa shape index (κ1) is 22.0. The first-order chi connectivity index (χ1) is 15.2. The Labute approximate surface area is 183 Å². The Hall–Kier alpha value is -3.20. The van der Waals surface area contributed by atoms with Crippen LogP contribution in [0.25, 0.3) is 11.1 Å². The molecule has 1 aliphatic heterocycles. The Morgan fingerprint density at radius 3 is 2.47 bits per heavy atom. The number of fused-ring (bicyclic) bond motifs is 3. The molecule has 3 aromatic carbocycles. The van der Waals surface area contributed by atoms with Crippen LogP contribution in [0.4, 0.5) is 18.9 Å². The van der Waals surface area contributed by atoms with E-state index < -0.39 is 33.8 Å². The monoisotopic (exact) mass is 463 g/mol. The summed E-state index contributed by atoms with van der Waals surface area (Å²) in [7, 11) is -3.63. The topological polar surface area (TPSA) is 64.6 Å². The van der Waals surface area contributed by atoms with Crippen LogP contribution in [0, 0.1) is 5.82 Å². The molecular formula is C23H20F3NO4S. The first-order valence-electron chi connectivity index (χ1n) is 9.81. The zero-order valence-electron chi connectivity index (χ0n) is 17.2. The molecule has 0 aliphatic carbocycles. The summed E-state index contributed by atoms with van der Waals surface area (Å²) in [5, 5.41) is -0.666. The summed E-state index contributed by atoms with van der Waals surface area (Å²) >= 11 is 0. The minimum absolute atomic E-state index is 0.0769. The van der Waals surface area contributed by atoms with Crippen molar-refractivity contribution in [3.63, 3.8) is 0 Å². The molecule has 4 rings (SSSR count). The van der Waals surface area contributed by atoms with Gasteiger partial charge in [0, 0.05) is 11.3 Å². The van der Waals surface area contributed by atoms with E-state index in [2.05, 4.69) is 9.46 Å². The molecule has 0 amide bonds. The number of halogens is 3. The van der Waals surface area contributed by atoms with Crippen LogP contribution in [-0.4, -0.2) is 20.3 Å². The molecule has 0 saturated heterocycles. The highest BCUT2D eigenvalue weighted by molar-refractivity contribution is 7.93. The number of ether oxygens (including phenoxy) is 2. The van der Waals surface area contributed by atoms with E-state index in [4.69, 9.17) is 4.74 Å². The van der Waals surface area contributed by atoms with E-state index in [1.54, 1.807) is 38.1 Å². The smallest absolute Gasteiger partial charge is 0.387 e. The molecular weight excluding hydrogens is 443 g/mol. The fourth-order valence-corrected chi connectivity index (χ4v) is 4.22. The number of nitrogens with one attached hydrogen (secondary N) is 1. The molecule has 0 radical (unpaired) electrons. The number of hydrogen-bond acceptors (Lipinski definition) is 4. The number of benzene rings is 3. The molecule has 0 aromatic heterocycles. The van der Waals surface area contributed by atoms with Crippen molar-refractivity contribution in [1.29, 1.82) is 0 Å². The van der Waals surface area contributed by atoms with Gasteiger partial charge in [0.05, 0.1) is 10.8 Å². The van der Waals surface area contributed by atoms with Gasteiger partial charge < -0.3 is 9.47 Å². The van der Waals surface area contributed by atoms with Gasteiger partial charge in [0.15, 0.2) is 0 Å². The van der Waals surface area contributed by atoms with Crippen LogP contribution in [0.3, 0.4) is 0 Å². The van der Waals surface area contributed by atoms with Crippen LogP contribution in [0.15, 0.2) is 60.7 Å². The van der Waals surface area contributed by atoms with Crippen molar-refractivity contribution < 1.29 is 31.1 Å². The predicted molar refractivity (Wildman–Crippen MR) is 115 cm³/mol. The summed E-state index contributed by atoms with van der Waals surface area (Å²) in [4.78, 5) is 0. The summed E-state index contributed by atoms with van der Waals surface area (Å²) in [5.74, 6) is -0.253. The van der Waals surface area contributed by atoms with Gasteiger partial charge in [0.2, 0.25) is 10.0 Å². The molecule has 5 nitrogen and oxygen atoms in total. The zero-order valence-corrected chi connectivity index (χ0v) is 18.0. The van der Waals surface area contributed by atoms with E-state index in [1.165, 1.54) is 36.4 Å². The molecule has 168 valence electrons. The maximum atomic E-state index is 13.9. The van der Waals surface area contributed by atoms with Gasteiger partial charge in [-0.1, -0.05) is 24.3 Å². The van der Waals surface area contributed by atoms with Gasteiger partial charge in [-0.2, -0.15) is 8.78 Å². The molecule has 0 bridgehead atoms. The molecule has 1 atom stereocenters. The van der Waals surface area contributed by atoms with Crippen LogP contribution >= 0.6 is 0 Å². The van der Waals surface area contributed by atoms with E-state index in [1.807, 2.05) is 0 Å². The lowest BCUT2D eigenvalue weighted by molar-refractivity contribution is -0.0496. The second-order valence-corrected chi connectivity index (χ2v) is 9.80. The molecule has 0 fully saturated rings. The van der Waals surface area contributed by atoms with E-state index in [0.717, 1.165) is 0 Å². The number of anilines is 1. The van der Waals surface area contributed by atoms with Gasteiger partial charge in [0.25, 0.3) is 0 Å². The number of alkyl halides is 2. The standard InChI is InChI=1S/C23H20F3NO4S/c1-13(2)32(28,29)27-16-9-10-17-18(12-16)22(14-5-3-6-15(24)11-14)30-19-7-4-8-20(21(17)19)31-23(25)26/h3-13,22-23,27H,1-2H3. The van der Waals surface area contributed by atoms with E-state index in [0.29, 0.717) is 28.0 Å². The van der Waals surface area contributed by atoms with Gasteiger partial charge in [-0.05, 0) is 61.4 Å². The van der Waals surface area contributed by atoms with E-state index in [-0.39, 0.29) is 11.4 Å². The third-order valence-electron chi connectivity index (χ3n) is 5.08. The highest BCUT2D eigenvalue weighted by atomic mass is 32.2. The van der Waals surface area contributed by atoms with Crippen LogP contribution in [0.2, 0.25) is 0 Å². The lowest BCUT2D eigenvalue weighted by Gasteiger charge is -2.31. The molecule has 1 unspecified atom stereocenters. The molecule has 3 aromatic rings. The lowest BCUT2D eigenvalue weighted by atomic mass is 9.89. The zero-order chi connectivity index (χ0) is 23.0. The van der Waals surface area contributed by atoms with Crippen molar-refractivity contribution in [3.05, 3.63) is 77.6 Å². The van der Waals surface area contributed by atoms with Crippen LogP contribution < -0.4 is 14.2 Å². The number of rotatable bonds is 6. The van der Waals surface area contributed by atoms with Crippen molar-refractivity contribution in [1.82, 2.24) is 0 Å². The minimum atomic E-state index is -3.63. The summed E-state index contributed by atoms with van der Waals surface area (Å²) in [6.45, 7) is 0.0516. The second kappa shape index (κ2) is 8.38. The highest BCUT2D eigenvalue weighted by Gasteiger charge is 2.31. The van der Waals surface area contributed by atoms with Gasteiger partial charge in [0.1, 0.15) is 23.4 Å². The van der Waals surface area contributed by atoms with Crippen LogP contribution in [0.1, 0.15) is 31.1 Å². The van der Waals surface area contributed by atoms with E-state index >= 15 is 0 Å². The summed E-state index contributed by atoms with van der Waals surface area (Å²) in [6.07, 6.45) is -0.793. The summed E-state index contributed by atoms with van der Waals surface area (Å²) < 4.78 is 77.9. The quantitative estimate of drug-likeness (QED) is 0.507. The average molecular weight is 463 g/mol. The largest absolute Gasteiger partial charge is 0.480 e. The highest BCUT2D eigenvalue weighted by Crippen LogP contribution is 2.49. The number of hydrogen-bond donors (Lipinski definition) is 1. The van der Waals surface area contributed by atoms with E-state index in [9.17, 15) is 21.6 Å². The van der Waals surface area contributed by atoms with Crippen molar-refractivity contribution in [2.24, 2.45) is 0 Å². The maximum Gasteiger partial charge on any atom is 0.387 e. The maximum absolute atomic E-state index is 13.9. The molecule has 1 N–H and O–H groups in total. The Kier molecular flexibility index (Phi) is 5.77. The van der Waals surface area contributed by atoms with Gasteiger partial charge >= 0.3 is 6.61 Å². The van der Waals surface area contributed by atoms with Crippen LogP contribution in [-0.2, 0) is 10.0 Å². The van der Waals surface area contributed by atoms with Gasteiger partial charge in [-0.3, -0.25) is 4.72 Å². The summed E-state index contributed by atoms with van der Waals surface area (Å²) in [6, 6.07) is 15.1. The van der Waals surface area contributed by atoms with Crippen molar-refractivity contribution in [2.45, 2.75) is 31.8 Å². The molecule has 9 heteroatoms. The average Bonchev–Trinajstić information content (AvgIpc) is 2.72. The first-order valence-corrected chi connectivity index (χ1v) is 11.4. The van der Waals surface area contributed by atoms with Gasteiger partial charge in [-0.15, -0.1) is 0 Å². The normalized spacial score (nSPS) is 15.2. The molecule has 0 saturated carbocycles. The van der Waals surface area contributed by atoms with Crippen LogP contribution in [0.5, 0.6) is 11.5 Å². The predicted octanol–water partition coefficient (Wildman–Crippen LogP) is 5.73. The summed E-state index contributed by atoms with van der Waals surface area (Å²) in [5.41, 5.74) is 2.08. The SMILES string of the molecule is CC(C)S(=O)(=O)Nc1ccc2c(c1)C(c1cccc(F)c1)Oc1cccc(OC(F)F)c1-2. The Balaban J connectivity index is 1.89. The second-order valence-electron chi connectivity index (χ2n) is 7.56. The third-order valence-corrected chi connectivity index (χ3v) is 6.85. The third kappa shape index (κ3) is 4.25. The molecule has 1 aliphatic rings. The molecule has 1 heterocycles. The van der Waals surface area contributed by atoms with Crippen molar-refractivity contribution >= 4 is 15.7 Å². The Morgan fingerprint density at radius 2 is 1.78 bits per heavy atom. The fourth-order valence-electron chi connectivity index (χ4n) is 3.53. The molecule has 32 heavy (non-hydrogen) atoms. The number of sulfonamides is 1. The lowest BCUT2D eigenvalue weighted by Crippen LogP contribution is -2.23. The Bertz CT molecular complexity index is 1260. The minimum Gasteiger partial charge on any atom is -0.480 e. The van der Waals surface area contributed by atoms with Gasteiger partial charge in [-0.25, -0.2) is 12.8 Å². The molecule has 0 spiro atoms.